The average molecular weight is 416 g/mol. The van der Waals surface area contributed by atoms with E-state index in [1.54, 1.807) is 21.4 Å². The van der Waals surface area contributed by atoms with E-state index in [-0.39, 0.29) is 23.5 Å². The van der Waals surface area contributed by atoms with Gasteiger partial charge in [-0.3, -0.25) is 9.13 Å². The molecule has 6 rings (SSSR count). The molecule has 0 amide bonds. The molecule has 0 aliphatic heterocycles. The van der Waals surface area contributed by atoms with Crippen LogP contribution in [0.3, 0.4) is 0 Å². The van der Waals surface area contributed by atoms with Crippen LogP contribution in [-0.2, 0) is 0 Å². The van der Waals surface area contributed by atoms with Crippen molar-refractivity contribution in [2.45, 2.75) is 25.0 Å². The summed E-state index contributed by atoms with van der Waals surface area (Å²) in [5.41, 5.74) is 3.54. The van der Waals surface area contributed by atoms with Gasteiger partial charge in [-0.2, -0.15) is 4.98 Å². The van der Waals surface area contributed by atoms with Crippen molar-refractivity contribution >= 4 is 22.2 Å². The number of benzene rings is 2. The lowest BCUT2D eigenvalue weighted by Gasteiger charge is -2.29. The first kappa shape index (κ1) is 18.0. The van der Waals surface area contributed by atoms with Crippen molar-refractivity contribution in [2.75, 3.05) is 0 Å². The molecular weight excluding hydrogens is 399 g/mol. The topological polar surface area (TPSA) is 102 Å². The van der Waals surface area contributed by atoms with E-state index in [1.807, 2.05) is 24.3 Å². The number of rotatable bonds is 2. The van der Waals surface area contributed by atoms with Crippen LogP contribution in [0.15, 0.2) is 59.8 Å². The number of aromatic amines is 1. The zero-order valence-corrected chi connectivity index (χ0v) is 16.2. The van der Waals surface area contributed by atoms with Gasteiger partial charge in [-0.25, -0.2) is 19.2 Å². The van der Waals surface area contributed by atoms with Crippen molar-refractivity contribution in [3.8, 4) is 5.95 Å². The van der Waals surface area contributed by atoms with Crippen molar-refractivity contribution in [3.05, 3.63) is 82.4 Å². The predicted molar refractivity (Wildman–Crippen MR) is 112 cm³/mol. The molecule has 9 heteroatoms. The second-order valence-electron chi connectivity index (χ2n) is 7.69. The fourth-order valence-electron chi connectivity index (χ4n) is 4.47. The van der Waals surface area contributed by atoms with E-state index in [0.29, 0.717) is 35.0 Å². The molecule has 2 N–H and O–H groups in total. The third kappa shape index (κ3) is 2.70. The second-order valence-corrected chi connectivity index (χ2v) is 7.69. The lowest BCUT2D eigenvalue weighted by atomic mass is 9.85. The normalized spacial score (nSPS) is 18.5. The monoisotopic (exact) mass is 416 g/mol. The quantitative estimate of drug-likeness (QED) is 0.461. The summed E-state index contributed by atoms with van der Waals surface area (Å²) < 4.78 is 17.0. The number of fused-ring (bicyclic) bond motifs is 3. The van der Waals surface area contributed by atoms with Gasteiger partial charge in [0.05, 0.1) is 29.4 Å². The number of aromatic nitrogens is 6. The summed E-state index contributed by atoms with van der Waals surface area (Å²) in [5.74, 6) is -0.0938. The summed E-state index contributed by atoms with van der Waals surface area (Å²) in [6.07, 6.45) is 3.68. The number of hydrogen-bond acceptors (Lipinski definition) is 5. The minimum absolute atomic E-state index is 0.263. The van der Waals surface area contributed by atoms with Gasteiger partial charge < -0.3 is 10.1 Å². The van der Waals surface area contributed by atoms with Crippen LogP contribution in [0.25, 0.3) is 28.1 Å². The summed E-state index contributed by atoms with van der Waals surface area (Å²) in [4.78, 5) is 29.0. The van der Waals surface area contributed by atoms with Gasteiger partial charge in [0.2, 0.25) is 5.95 Å². The summed E-state index contributed by atoms with van der Waals surface area (Å²) in [6.45, 7) is 0. The Labute approximate surface area is 174 Å². The molecule has 31 heavy (non-hydrogen) atoms. The minimum atomic E-state index is -0.550. The Morgan fingerprint density at radius 2 is 1.94 bits per heavy atom. The zero-order valence-electron chi connectivity index (χ0n) is 16.2. The number of halogens is 1. The third-order valence-corrected chi connectivity index (χ3v) is 5.91. The van der Waals surface area contributed by atoms with Gasteiger partial charge in [-0.05, 0) is 36.1 Å². The molecule has 2 atom stereocenters. The molecule has 0 radical (unpaired) electrons. The Kier molecular flexibility index (Phi) is 3.81. The number of aliphatic hydroxyl groups is 1. The van der Waals surface area contributed by atoms with E-state index in [4.69, 9.17) is 0 Å². The van der Waals surface area contributed by atoms with Crippen LogP contribution in [-0.4, -0.2) is 34.2 Å². The largest absolute Gasteiger partial charge is 0.388 e. The standard InChI is InChI=1S/C22H17FN6O2/c23-12-5-6-15-18(9-12)28(11-25-15)21-24-10-16-20(27-21)29(22(31)26-16)17-7-8-19(30)14-4-2-1-3-13(14)17/h1-6,9-11,17,19,30H,7-8H2,(H,26,31)/t17-,19+/m1/s1. The van der Waals surface area contributed by atoms with Gasteiger partial charge >= 0.3 is 5.69 Å². The molecule has 1 aliphatic rings. The Balaban J connectivity index is 1.56. The van der Waals surface area contributed by atoms with Crippen molar-refractivity contribution in [1.82, 2.24) is 29.1 Å². The van der Waals surface area contributed by atoms with Crippen molar-refractivity contribution in [3.63, 3.8) is 0 Å². The molecule has 0 spiro atoms. The van der Waals surface area contributed by atoms with Crippen molar-refractivity contribution < 1.29 is 9.50 Å². The van der Waals surface area contributed by atoms with Gasteiger partial charge in [0.1, 0.15) is 17.7 Å². The molecular formula is C22H17FN6O2. The minimum Gasteiger partial charge on any atom is -0.388 e. The maximum atomic E-state index is 13.8. The first-order chi connectivity index (χ1) is 15.1. The molecule has 0 bridgehead atoms. The van der Waals surface area contributed by atoms with Crippen molar-refractivity contribution in [1.29, 1.82) is 0 Å². The molecule has 5 aromatic rings. The number of nitrogens with one attached hydrogen (secondary N) is 1. The Morgan fingerprint density at radius 3 is 2.81 bits per heavy atom. The molecule has 2 aromatic carbocycles. The van der Waals surface area contributed by atoms with Gasteiger partial charge in [0.25, 0.3) is 0 Å². The van der Waals surface area contributed by atoms with E-state index < -0.39 is 6.10 Å². The number of aliphatic hydroxyl groups excluding tert-OH is 1. The highest BCUT2D eigenvalue weighted by atomic mass is 19.1. The highest BCUT2D eigenvalue weighted by Crippen LogP contribution is 2.38. The van der Waals surface area contributed by atoms with Crippen LogP contribution in [0.4, 0.5) is 4.39 Å². The number of hydrogen-bond donors (Lipinski definition) is 2. The fourth-order valence-corrected chi connectivity index (χ4v) is 4.47. The number of imidazole rings is 2. The van der Waals surface area contributed by atoms with Crippen molar-refractivity contribution in [2.24, 2.45) is 0 Å². The summed E-state index contributed by atoms with van der Waals surface area (Å²) in [7, 11) is 0. The molecule has 3 heterocycles. The molecule has 154 valence electrons. The van der Waals surface area contributed by atoms with Crippen LogP contribution in [0.5, 0.6) is 0 Å². The maximum absolute atomic E-state index is 13.8. The van der Waals surface area contributed by atoms with Crippen LogP contribution >= 0.6 is 0 Å². The SMILES string of the molecule is O=c1[nH]c2cnc(-n3cnc4ccc(F)cc43)nc2n1[C@@H]1CC[C@H](O)c2ccccc21. The Hall–Kier alpha value is -3.85. The second kappa shape index (κ2) is 6.58. The highest BCUT2D eigenvalue weighted by Gasteiger charge is 2.29. The van der Waals surface area contributed by atoms with Crippen LogP contribution in [0, 0.1) is 5.82 Å². The predicted octanol–water partition coefficient (Wildman–Crippen LogP) is 3.01. The van der Waals surface area contributed by atoms with Gasteiger partial charge in [0, 0.05) is 6.07 Å². The number of H-pyrrole nitrogens is 1. The lowest BCUT2D eigenvalue weighted by Crippen LogP contribution is -2.27. The fraction of sp³-hybridized carbons (Fsp3) is 0.182. The molecule has 3 aromatic heterocycles. The van der Waals surface area contributed by atoms with E-state index in [2.05, 4.69) is 19.9 Å². The Morgan fingerprint density at radius 1 is 1.10 bits per heavy atom. The highest BCUT2D eigenvalue weighted by molar-refractivity contribution is 5.77. The van der Waals surface area contributed by atoms with E-state index in [0.717, 1.165) is 11.1 Å². The summed E-state index contributed by atoms with van der Waals surface area (Å²) in [6, 6.07) is 11.7. The van der Waals surface area contributed by atoms with E-state index in [9.17, 15) is 14.3 Å². The first-order valence-corrected chi connectivity index (χ1v) is 9.97. The van der Waals surface area contributed by atoms with Gasteiger partial charge in [-0.15, -0.1) is 0 Å². The smallest absolute Gasteiger partial charge is 0.328 e. The number of nitrogens with zero attached hydrogens (tertiary/aromatic N) is 5. The molecule has 0 unspecified atom stereocenters. The van der Waals surface area contributed by atoms with Crippen LogP contribution in [0.1, 0.15) is 36.1 Å². The molecule has 0 saturated carbocycles. The lowest BCUT2D eigenvalue weighted by molar-refractivity contribution is 0.147. The zero-order chi connectivity index (χ0) is 21.1. The molecule has 1 aliphatic carbocycles. The molecule has 0 fully saturated rings. The maximum Gasteiger partial charge on any atom is 0.328 e. The molecule has 8 nitrogen and oxygen atoms in total. The average Bonchev–Trinajstić information content (AvgIpc) is 3.34. The Bertz CT molecular complexity index is 1520. The van der Waals surface area contributed by atoms with Crippen LogP contribution < -0.4 is 5.69 Å². The van der Waals surface area contributed by atoms with Crippen LogP contribution in [0.2, 0.25) is 0 Å². The summed E-state index contributed by atoms with van der Waals surface area (Å²) >= 11 is 0. The van der Waals surface area contributed by atoms with E-state index >= 15 is 0 Å². The summed E-state index contributed by atoms with van der Waals surface area (Å²) in [5, 5.41) is 10.4. The third-order valence-electron chi connectivity index (χ3n) is 5.91. The van der Waals surface area contributed by atoms with E-state index in [1.165, 1.54) is 18.5 Å². The first-order valence-electron chi connectivity index (χ1n) is 9.97. The van der Waals surface area contributed by atoms with Gasteiger partial charge in [0.15, 0.2) is 5.65 Å². The van der Waals surface area contributed by atoms with Gasteiger partial charge in [-0.1, -0.05) is 24.3 Å². The molecule has 0 saturated heterocycles.